The van der Waals surface area contributed by atoms with Crippen LogP contribution in [-0.2, 0) is 23.3 Å². The first-order valence-corrected chi connectivity index (χ1v) is 11.7. The van der Waals surface area contributed by atoms with Crippen molar-refractivity contribution in [3.05, 3.63) is 65.2 Å². The van der Waals surface area contributed by atoms with Gasteiger partial charge in [0.1, 0.15) is 0 Å². The lowest BCUT2D eigenvalue weighted by molar-refractivity contribution is -0.138. The molecule has 0 saturated heterocycles. The highest BCUT2D eigenvalue weighted by Gasteiger charge is 2.52. The van der Waals surface area contributed by atoms with E-state index in [0.717, 1.165) is 51.6 Å². The van der Waals surface area contributed by atoms with Crippen molar-refractivity contribution in [2.45, 2.75) is 76.5 Å². The molecule has 2 aromatic carbocycles. The molecule has 2 N–H and O–H groups in total. The number of anilines is 1. The molecule has 4 aliphatic rings. The number of fused-ring (bicyclic) bond motifs is 4. The van der Waals surface area contributed by atoms with Crippen LogP contribution in [0.25, 0.3) is 0 Å². The number of amides is 1. The van der Waals surface area contributed by atoms with E-state index in [4.69, 9.17) is 0 Å². The first-order chi connectivity index (χ1) is 14.8. The summed E-state index contributed by atoms with van der Waals surface area (Å²) in [5.41, 5.74) is 4.74. The van der Waals surface area contributed by atoms with Crippen molar-refractivity contribution in [2.24, 2.45) is 5.41 Å². The van der Waals surface area contributed by atoms with E-state index in [1.807, 2.05) is 0 Å². The van der Waals surface area contributed by atoms with E-state index in [2.05, 4.69) is 58.7 Å². The SMILES string of the molecule is CC(C)(O)CNC(=O)C12CCC(c3ccc(N4Cc5ccccc5C4)cc3)(CC1)CC2. The lowest BCUT2D eigenvalue weighted by atomic mass is 9.51. The van der Waals surface area contributed by atoms with Gasteiger partial charge in [0.05, 0.1) is 5.60 Å². The lowest BCUT2D eigenvalue weighted by Gasteiger charge is -2.53. The summed E-state index contributed by atoms with van der Waals surface area (Å²) in [6, 6.07) is 18.0. The van der Waals surface area contributed by atoms with Gasteiger partial charge in [0.15, 0.2) is 0 Å². The summed E-state index contributed by atoms with van der Waals surface area (Å²) in [5.74, 6) is 0.145. The summed E-state index contributed by atoms with van der Waals surface area (Å²) in [6.45, 7) is 5.77. The Bertz CT molecular complexity index is 924. The molecule has 3 aliphatic carbocycles. The van der Waals surface area contributed by atoms with Crippen LogP contribution in [0.4, 0.5) is 5.69 Å². The molecule has 0 radical (unpaired) electrons. The second-order valence-electron chi connectivity index (χ2n) is 10.7. The fourth-order valence-electron chi connectivity index (χ4n) is 5.98. The number of hydrogen-bond donors (Lipinski definition) is 2. The number of nitrogens with zero attached hydrogens (tertiary/aromatic N) is 1. The van der Waals surface area contributed by atoms with Crippen LogP contribution >= 0.6 is 0 Å². The van der Waals surface area contributed by atoms with Crippen molar-refractivity contribution in [3.8, 4) is 0 Å². The number of benzene rings is 2. The molecule has 1 heterocycles. The van der Waals surface area contributed by atoms with Crippen LogP contribution in [0.5, 0.6) is 0 Å². The Balaban J connectivity index is 1.25. The van der Waals surface area contributed by atoms with Gasteiger partial charge in [0.2, 0.25) is 5.91 Å². The van der Waals surface area contributed by atoms with Gasteiger partial charge in [0.25, 0.3) is 0 Å². The van der Waals surface area contributed by atoms with Crippen LogP contribution < -0.4 is 10.2 Å². The van der Waals surface area contributed by atoms with Crippen LogP contribution in [0.15, 0.2) is 48.5 Å². The Hall–Kier alpha value is -2.33. The standard InChI is InChI=1S/C27H34N2O2/c1-25(2,31)19-28-24(30)27-14-11-26(12-15-27,13-16-27)22-7-9-23(10-8-22)29-17-20-5-3-4-6-21(20)18-29/h3-10,31H,11-19H2,1-2H3,(H,28,30). The van der Waals surface area contributed by atoms with Crippen LogP contribution in [0.2, 0.25) is 0 Å². The largest absolute Gasteiger partial charge is 0.389 e. The quantitative estimate of drug-likeness (QED) is 0.741. The molecule has 2 bridgehead atoms. The molecule has 0 spiro atoms. The summed E-state index contributed by atoms with van der Waals surface area (Å²) in [6.07, 6.45) is 6.10. The smallest absolute Gasteiger partial charge is 0.226 e. The maximum Gasteiger partial charge on any atom is 0.226 e. The van der Waals surface area contributed by atoms with Gasteiger partial charge < -0.3 is 15.3 Å². The summed E-state index contributed by atoms with van der Waals surface area (Å²) in [5, 5.41) is 13.0. The third kappa shape index (κ3) is 3.76. The predicted molar refractivity (Wildman–Crippen MR) is 124 cm³/mol. The van der Waals surface area contributed by atoms with Gasteiger partial charge >= 0.3 is 0 Å². The predicted octanol–water partition coefficient (Wildman–Crippen LogP) is 4.69. The molecule has 0 unspecified atom stereocenters. The van der Waals surface area contributed by atoms with E-state index < -0.39 is 5.60 Å². The van der Waals surface area contributed by atoms with Gasteiger partial charge in [-0.3, -0.25) is 4.79 Å². The number of hydrogen-bond acceptors (Lipinski definition) is 3. The highest BCUT2D eigenvalue weighted by atomic mass is 16.3. The molecule has 2 aromatic rings. The van der Waals surface area contributed by atoms with Crippen molar-refractivity contribution in [3.63, 3.8) is 0 Å². The Morgan fingerprint density at radius 3 is 2.00 bits per heavy atom. The van der Waals surface area contributed by atoms with Gasteiger partial charge in [0, 0.05) is 30.7 Å². The molecule has 4 nitrogen and oxygen atoms in total. The fourth-order valence-corrected chi connectivity index (χ4v) is 5.98. The van der Waals surface area contributed by atoms with Crippen LogP contribution in [-0.4, -0.2) is 23.2 Å². The second kappa shape index (κ2) is 7.37. The normalized spacial score (nSPS) is 27.3. The third-order valence-corrected chi connectivity index (χ3v) is 8.10. The number of aliphatic hydroxyl groups is 1. The van der Waals surface area contributed by atoms with E-state index in [1.165, 1.54) is 22.4 Å². The van der Waals surface area contributed by atoms with Gasteiger partial charge in [-0.1, -0.05) is 36.4 Å². The van der Waals surface area contributed by atoms with Gasteiger partial charge in [-0.05, 0) is 86.6 Å². The Morgan fingerprint density at radius 2 is 1.48 bits per heavy atom. The van der Waals surface area contributed by atoms with Gasteiger partial charge in [-0.2, -0.15) is 0 Å². The molecular formula is C27H34N2O2. The molecule has 6 rings (SSSR count). The molecule has 164 valence electrons. The average Bonchev–Trinajstić information content (AvgIpc) is 3.23. The number of carbonyl (C=O) groups is 1. The molecule has 3 fully saturated rings. The van der Waals surface area contributed by atoms with Gasteiger partial charge in [-0.15, -0.1) is 0 Å². The minimum Gasteiger partial charge on any atom is -0.389 e. The van der Waals surface area contributed by atoms with E-state index >= 15 is 0 Å². The number of nitrogens with one attached hydrogen (secondary N) is 1. The molecule has 0 atom stereocenters. The summed E-state index contributed by atoms with van der Waals surface area (Å²) in [7, 11) is 0. The minimum absolute atomic E-state index is 0.145. The van der Waals surface area contributed by atoms with E-state index in [-0.39, 0.29) is 16.7 Å². The van der Waals surface area contributed by atoms with E-state index in [0.29, 0.717) is 6.54 Å². The zero-order chi connectivity index (χ0) is 21.7. The first kappa shape index (κ1) is 20.6. The van der Waals surface area contributed by atoms with Crippen molar-refractivity contribution >= 4 is 11.6 Å². The zero-order valence-corrected chi connectivity index (χ0v) is 18.8. The van der Waals surface area contributed by atoms with Crippen LogP contribution in [0, 0.1) is 5.41 Å². The highest BCUT2D eigenvalue weighted by molar-refractivity contribution is 5.83. The summed E-state index contributed by atoms with van der Waals surface area (Å²) >= 11 is 0. The van der Waals surface area contributed by atoms with Crippen molar-refractivity contribution in [2.75, 3.05) is 11.4 Å². The van der Waals surface area contributed by atoms with Crippen LogP contribution in [0.3, 0.4) is 0 Å². The Labute approximate surface area is 185 Å². The van der Waals surface area contributed by atoms with Gasteiger partial charge in [-0.25, -0.2) is 0 Å². The third-order valence-electron chi connectivity index (χ3n) is 8.10. The molecule has 1 aliphatic heterocycles. The Morgan fingerprint density at radius 1 is 0.935 bits per heavy atom. The molecule has 1 amide bonds. The van der Waals surface area contributed by atoms with Crippen LogP contribution in [0.1, 0.15) is 69.1 Å². The highest BCUT2D eigenvalue weighted by Crippen LogP contribution is 2.58. The monoisotopic (exact) mass is 418 g/mol. The summed E-state index contributed by atoms with van der Waals surface area (Å²) in [4.78, 5) is 15.4. The summed E-state index contributed by atoms with van der Waals surface area (Å²) < 4.78 is 0. The fraction of sp³-hybridized carbons (Fsp3) is 0.519. The first-order valence-electron chi connectivity index (χ1n) is 11.7. The molecule has 4 heteroatoms. The molecule has 3 saturated carbocycles. The van der Waals surface area contributed by atoms with Crippen molar-refractivity contribution in [1.82, 2.24) is 5.32 Å². The van der Waals surface area contributed by atoms with Crippen molar-refractivity contribution < 1.29 is 9.90 Å². The number of carbonyl (C=O) groups excluding carboxylic acids is 1. The lowest BCUT2D eigenvalue weighted by Crippen LogP contribution is -2.53. The zero-order valence-electron chi connectivity index (χ0n) is 18.8. The molecular weight excluding hydrogens is 384 g/mol. The topological polar surface area (TPSA) is 52.6 Å². The molecule has 0 aromatic heterocycles. The van der Waals surface area contributed by atoms with E-state index in [9.17, 15) is 9.90 Å². The van der Waals surface area contributed by atoms with Crippen molar-refractivity contribution in [1.29, 1.82) is 0 Å². The number of rotatable bonds is 5. The minimum atomic E-state index is -0.863. The maximum absolute atomic E-state index is 12.9. The van der Waals surface area contributed by atoms with E-state index in [1.54, 1.807) is 13.8 Å². The maximum atomic E-state index is 12.9. The average molecular weight is 419 g/mol. The second-order valence-corrected chi connectivity index (χ2v) is 10.7. The molecule has 31 heavy (non-hydrogen) atoms. The Kier molecular flexibility index (Phi) is 4.89.